The van der Waals surface area contributed by atoms with Gasteiger partial charge in [-0.2, -0.15) is 0 Å². The Morgan fingerprint density at radius 2 is 1.59 bits per heavy atom. The predicted molar refractivity (Wildman–Crippen MR) is 73.2 cm³/mol. The zero-order valence-corrected chi connectivity index (χ0v) is 12.1. The molecule has 0 heterocycles. The third-order valence-corrected chi connectivity index (χ3v) is 2.99. The summed E-state index contributed by atoms with van der Waals surface area (Å²) in [4.78, 5) is 0. The maximum Gasteiger partial charge on any atom is 0.169 e. The smallest absolute Gasteiger partial charge is 0.169 e. The highest BCUT2D eigenvalue weighted by Gasteiger charge is 2.09. The normalized spacial score (nSPS) is 13.2. The Bertz CT molecular complexity index is 147. The molecule has 1 N–H and O–H groups in total. The molecule has 0 aromatic rings. The van der Waals surface area contributed by atoms with Crippen LogP contribution in [-0.2, 0) is 9.47 Å². The van der Waals surface area contributed by atoms with Gasteiger partial charge in [-0.25, -0.2) is 0 Å². The first-order valence-corrected chi connectivity index (χ1v) is 7.22. The van der Waals surface area contributed by atoms with Crippen molar-refractivity contribution in [2.45, 2.75) is 59.7 Å². The van der Waals surface area contributed by atoms with Crippen molar-refractivity contribution in [3.8, 4) is 0 Å². The fraction of sp³-hybridized carbons (Fsp3) is 1.00. The van der Waals surface area contributed by atoms with Crippen molar-refractivity contribution in [3.05, 3.63) is 0 Å². The van der Waals surface area contributed by atoms with E-state index in [1.165, 1.54) is 25.7 Å². The van der Waals surface area contributed by atoms with Crippen LogP contribution < -0.4 is 5.32 Å². The third kappa shape index (κ3) is 9.57. The first-order valence-electron chi connectivity index (χ1n) is 7.22. The highest BCUT2D eigenvalue weighted by atomic mass is 16.7. The summed E-state index contributed by atoms with van der Waals surface area (Å²) in [6, 6.07) is 0. The van der Waals surface area contributed by atoms with E-state index in [2.05, 4.69) is 19.2 Å². The molecule has 0 rings (SSSR count). The summed E-state index contributed by atoms with van der Waals surface area (Å²) in [6.07, 6.45) is 5.11. The summed E-state index contributed by atoms with van der Waals surface area (Å²) in [7, 11) is 0. The van der Waals surface area contributed by atoms with E-state index in [0.717, 1.165) is 19.0 Å². The molecule has 0 fully saturated rings. The van der Waals surface area contributed by atoms with Crippen LogP contribution in [0, 0.1) is 5.92 Å². The summed E-state index contributed by atoms with van der Waals surface area (Å²) in [5.74, 6) is 0.791. The van der Waals surface area contributed by atoms with Crippen molar-refractivity contribution in [1.82, 2.24) is 5.32 Å². The predicted octanol–water partition coefficient (Wildman–Crippen LogP) is 3.19. The van der Waals surface area contributed by atoms with Crippen LogP contribution >= 0.6 is 0 Å². The second-order valence-corrected chi connectivity index (χ2v) is 4.41. The molecule has 0 radical (unpaired) electrons. The van der Waals surface area contributed by atoms with Crippen LogP contribution in [-0.4, -0.2) is 32.6 Å². The Kier molecular flexibility index (Phi) is 12.3. The molecule has 104 valence electrons. The molecular formula is C14H31NO2. The first kappa shape index (κ1) is 16.9. The molecule has 0 aliphatic heterocycles. The topological polar surface area (TPSA) is 30.5 Å². The van der Waals surface area contributed by atoms with Gasteiger partial charge in [0.2, 0.25) is 0 Å². The van der Waals surface area contributed by atoms with E-state index in [1.54, 1.807) is 0 Å². The van der Waals surface area contributed by atoms with E-state index < -0.39 is 0 Å². The number of ether oxygens (including phenoxy) is 2. The minimum atomic E-state index is -0.0892. The van der Waals surface area contributed by atoms with Crippen molar-refractivity contribution < 1.29 is 9.47 Å². The second-order valence-electron chi connectivity index (χ2n) is 4.41. The molecule has 3 nitrogen and oxygen atoms in total. The van der Waals surface area contributed by atoms with Gasteiger partial charge in [0, 0.05) is 19.8 Å². The molecule has 0 aliphatic carbocycles. The Morgan fingerprint density at radius 1 is 0.941 bits per heavy atom. The molecule has 0 amide bonds. The number of nitrogens with one attached hydrogen (secondary N) is 1. The Labute approximate surface area is 107 Å². The Balaban J connectivity index is 3.67. The van der Waals surface area contributed by atoms with Crippen LogP contribution in [0.1, 0.15) is 53.4 Å². The summed E-state index contributed by atoms with van der Waals surface area (Å²) in [6.45, 7) is 11.8. The molecule has 0 saturated heterocycles. The van der Waals surface area contributed by atoms with E-state index in [4.69, 9.17) is 9.47 Å². The van der Waals surface area contributed by atoms with E-state index in [-0.39, 0.29) is 6.29 Å². The molecule has 0 aliphatic rings. The second kappa shape index (κ2) is 12.3. The Hall–Kier alpha value is -0.120. The summed E-state index contributed by atoms with van der Waals surface area (Å²) in [5.41, 5.74) is 0. The van der Waals surface area contributed by atoms with Gasteiger partial charge in [-0.05, 0) is 32.7 Å². The minimum absolute atomic E-state index is 0.0892. The van der Waals surface area contributed by atoms with Gasteiger partial charge in [-0.15, -0.1) is 0 Å². The lowest BCUT2D eigenvalue weighted by molar-refractivity contribution is -0.133. The van der Waals surface area contributed by atoms with Crippen molar-refractivity contribution in [2.24, 2.45) is 5.92 Å². The molecule has 1 atom stereocenters. The lowest BCUT2D eigenvalue weighted by Crippen LogP contribution is -2.34. The van der Waals surface area contributed by atoms with Gasteiger partial charge in [-0.3, -0.25) is 0 Å². The number of unbranched alkanes of at least 4 members (excludes halogenated alkanes) is 1. The molecule has 0 aromatic heterocycles. The van der Waals surface area contributed by atoms with Crippen LogP contribution in [0.15, 0.2) is 0 Å². The minimum Gasteiger partial charge on any atom is -0.352 e. The molecular weight excluding hydrogens is 214 g/mol. The standard InChI is InChI=1S/C14H31NO2/c1-5-9-10-13(6-2)11-15-12-14(16-7-3)17-8-4/h13-15H,5-12H2,1-4H3. The fourth-order valence-corrected chi connectivity index (χ4v) is 1.89. The lowest BCUT2D eigenvalue weighted by Gasteiger charge is -2.20. The summed E-state index contributed by atoms with van der Waals surface area (Å²) < 4.78 is 11.0. The van der Waals surface area contributed by atoms with Crippen molar-refractivity contribution in [2.75, 3.05) is 26.3 Å². The van der Waals surface area contributed by atoms with Crippen molar-refractivity contribution in [3.63, 3.8) is 0 Å². The molecule has 0 aromatic carbocycles. The zero-order valence-electron chi connectivity index (χ0n) is 12.1. The monoisotopic (exact) mass is 245 g/mol. The van der Waals surface area contributed by atoms with E-state index in [9.17, 15) is 0 Å². The highest BCUT2D eigenvalue weighted by molar-refractivity contribution is 4.62. The van der Waals surface area contributed by atoms with Crippen LogP contribution in [0.4, 0.5) is 0 Å². The summed E-state index contributed by atoms with van der Waals surface area (Å²) in [5, 5.41) is 3.47. The van der Waals surface area contributed by atoms with Crippen molar-refractivity contribution in [1.29, 1.82) is 0 Å². The van der Waals surface area contributed by atoms with E-state index in [0.29, 0.717) is 13.2 Å². The summed E-state index contributed by atoms with van der Waals surface area (Å²) >= 11 is 0. The molecule has 0 saturated carbocycles. The maximum atomic E-state index is 5.49. The molecule has 3 heteroatoms. The Morgan fingerprint density at radius 3 is 2.06 bits per heavy atom. The van der Waals surface area contributed by atoms with Gasteiger partial charge in [0.25, 0.3) is 0 Å². The van der Waals surface area contributed by atoms with E-state index >= 15 is 0 Å². The highest BCUT2D eigenvalue weighted by Crippen LogP contribution is 2.11. The number of hydrogen-bond acceptors (Lipinski definition) is 3. The molecule has 0 bridgehead atoms. The van der Waals surface area contributed by atoms with Crippen LogP contribution in [0.5, 0.6) is 0 Å². The van der Waals surface area contributed by atoms with Crippen LogP contribution in [0.3, 0.4) is 0 Å². The quantitative estimate of drug-likeness (QED) is 0.536. The maximum absolute atomic E-state index is 5.49. The van der Waals surface area contributed by atoms with Gasteiger partial charge in [0.15, 0.2) is 6.29 Å². The van der Waals surface area contributed by atoms with Crippen LogP contribution in [0.25, 0.3) is 0 Å². The zero-order chi connectivity index (χ0) is 12.9. The molecule has 0 spiro atoms. The fourth-order valence-electron chi connectivity index (χ4n) is 1.89. The van der Waals surface area contributed by atoms with Crippen LogP contribution in [0.2, 0.25) is 0 Å². The van der Waals surface area contributed by atoms with Gasteiger partial charge < -0.3 is 14.8 Å². The number of rotatable bonds is 12. The van der Waals surface area contributed by atoms with E-state index in [1.807, 2.05) is 13.8 Å². The largest absolute Gasteiger partial charge is 0.352 e. The molecule has 17 heavy (non-hydrogen) atoms. The average Bonchev–Trinajstić information content (AvgIpc) is 2.34. The lowest BCUT2D eigenvalue weighted by atomic mass is 9.99. The van der Waals surface area contributed by atoms with Gasteiger partial charge >= 0.3 is 0 Å². The SMILES string of the molecule is CCCCC(CC)CNCC(OCC)OCC. The van der Waals surface area contributed by atoms with Crippen molar-refractivity contribution >= 4 is 0 Å². The third-order valence-electron chi connectivity index (χ3n) is 2.99. The van der Waals surface area contributed by atoms with Gasteiger partial charge in [0.1, 0.15) is 0 Å². The average molecular weight is 245 g/mol. The first-order chi connectivity index (χ1) is 8.28. The number of hydrogen-bond donors (Lipinski definition) is 1. The van der Waals surface area contributed by atoms with Gasteiger partial charge in [-0.1, -0.05) is 33.1 Å². The van der Waals surface area contributed by atoms with Gasteiger partial charge in [0.05, 0.1) is 0 Å². The molecule has 1 unspecified atom stereocenters.